The van der Waals surface area contributed by atoms with Crippen LogP contribution in [0.2, 0.25) is 0 Å². The topological polar surface area (TPSA) is 38.3 Å². The van der Waals surface area contributed by atoms with Crippen LogP contribution in [0.1, 0.15) is 6.42 Å². The molecule has 84 valence electrons. The van der Waals surface area contributed by atoms with Crippen molar-refractivity contribution >= 4 is 5.97 Å². The van der Waals surface area contributed by atoms with E-state index >= 15 is 0 Å². The summed E-state index contributed by atoms with van der Waals surface area (Å²) >= 11 is 0. The molecule has 0 aromatic heterocycles. The van der Waals surface area contributed by atoms with E-state index in [2.05, 4.69) is 5.32 Å². The van der Waals surface area contributed by atoms with Gasteiger partial charge in [-0.05, 0) is 25.1 Å². The van der Waals surface area contributed by atoms with Crippen molar-refractivity contribution in [2.75, 3.05) is 13.1 Å². The first kappa shape index (κ1) is 10.8. The molecule has 0 unspecified atom stereocenters. The third-order valence-corrected chi connectivity index (χ3v) is 2.37. The molecule has 3 nitrogen and oxygen atoms in total. The van der Waals surface area contributed by atoms with E-state index < -0.39 is 11.8 Å². The molecule has 1 aliphatic rings. The van der Waals surface area contributed by atoms with Crippen LogP contribution in [-0.4, -0.2) is 19.1 Å². The van der Waals surface area contributed by atoms with Crippen molar-refractivity contribution in [3.8, 4) is 5.75 Å². The molecular formula is C12H12FNO2. The summed E-state index contributed by atoms with van der Waals surface area (Å²) in [5, 5.41) is 3.09. The van der Waals surface area contributed by atoms with Gasteiger partial charge in [-0.15, -0.1) is 0 Å². The summed E-state index contributed by atoms with van der Waals surface area (Å²) in [6.45, 7) is 1.40. The van der Waals surface area contributed by atoms with Crippen LogP contribution in [0.15, 0.2) is 35.9 Å². The number of nitrogens with one attached hydrogen (secondary N) is 1. The summed E-state index contributed by atoms with van der Waals surface area (Å²) in [6, 6.07) is 5.88. The quantitative estimate of drug-likeness (QED) is 0.609. The van der Waals surface area contributed by atoms with Crippen LogP contribution < -0.4 is 10.1 Å². The maximum Gasteiger partial charge on any atom is 0.339 e. The van der Waals surface area contributed by atoms with Crippen LogP contribution in [0.3, 0.4) is 0 Å². The Morgan fingerprint density at radius 2 is 2.19 bits per heavy atom. The molecule has 1 heterocycles. The van der Waals surface area contributed by atoms with Crippen molar-refractivity contribution in [2.24, 2.45) is 0 Å². The van der Waals surface area contributed by atoms with Gasteiger partial charge in [0.1, 0.15) is 0 Å². The van der Waals surface area contributed by atoms with Gasteiger partial charge in [0.25, 0.3) is 0 Å². The van der Waals surface area contributed by atoms with Gasteiger partial charge in [-0.3, -0.25) is 0 Å². The maximum atomic E-state index is 13.2. The molecule has 0 saturated heterocycles. The average Bonchev–Trinajstić information content (AvgIpc) is 2.33. The SMILES string of the molecule is O=C(Oc1ccccc1F)C1=CCNCC1. The summed E-state index contributed by atoms with van der Waals surface area (Å²) in [4.78, 5) is 11.6. The Morgan fingerprint density at radius 3 is 2.88 bits per heavy atom. The Morgan fingerprint density at radius 1 is 1.38 bits per heavy atom. The molecule has 2 rings (SSSR count). The van der Waals surface area contributed by atoms with Gasteiger partial charge in [0.05, 0.1) is 0 Å². The molecule has 0 atom stereocenters. The van der Waals surface area contributed by atoms with Gasteiger partial charge in [0, 0.05) is 12.1 Å². The molecule has 1 aromatic rings. The summed E-state index contributed by atoms with van der Waals surface area (Å²) in [6.07, 6.45) is 2.39. The minimum absolute atomic E-state index is 0.0214. The fourth-order valence-corrected chi connectivity index (χ4v) is 1.50. The van der Waals surface area contributed by atoms with E-state index in [-0.39, 0.29) is 5.75 Å². The largest absolute Gasteiger partial charge is 0.420 e. The number of carbonyl (C=O) groups excluding carboxylic acids is 1. The van der Waals surface area contributed by atoms with E-state index in [9.17, 15) is 9.18 Å². The number of rotatable bonds is 2. The molecule has 4 heteroatoms. The minimum atomic E-state index is -0.523. The second-order valence-electron chi connectivity index (χ2n) is 3.50. The normalized spacial score (nSPS) is 15.4. The molecule has 0 radical (unpaired) electrons. The number of para-hydroxylation sites is 1. The van der Waals surface area contributed by atoms with E-state index in [1.165, 1.54) is 12.1 Å². The fourth-order valence-electron chi connectivity index (χ4n) is 1.50. The zero-order chi connectivity index (χ0) is 11.4. The molecule has 0 spiro atoms. The van der Waals surface area contributed by atoms with Crippen LogP contribution >= 0.6 is 0 Å². The number of carbonyl (C=O) groups is 1. The van der Waals surface area contributed by atoms with Crippen LogP contribution in [0.4, 0.5) is 4.39 Å². The molecule has 0 amide bonds. The molecule has 0 saturated carbocycles. The third-order valence-electron chi connectivity index (χ3n) is 2.37. The van der Waals surface area contributed by atoms with Gasteiger partial charge in [-0.2, -0.15) is 0 Å². The number of benzene rings is 1. The molecule has 16 heavy (non-hydrogen) atoms. The smallest absolute Gasteiger partial charge is 0.339 e. The van der Waals surface area contributed by atoms with Gasteiger partial charge >= 0.3 is 5.97 Å². The standard InChI is InChI=1S/C12H12FNO2/c13-10-3-1-2-4-11(10)16-12(15)9-5-7-14-8-6-9/h1-5,14H,6-8H2. The minimum Gasteiger partial charge on any atom is -0.420 e. The van der Waals surface area contributed by atoms with Gasteiger partial charge in [0.2, 0.25) is 0 Å². The van der Waals surface area contributed by atoms with E-state index in [4.69, 9.17) is 4.74 Å². The predicted molar refractivity (Wildman–Crippen MR) is 57.6 cm³/mol. The lowest BCUT2D eigenvalue weighted by Gasteiger charge is -2.13. The van der Waals surface area contributed by atoms with E-state index in [0.717, 1.165) is 6.54 Å². The Balaban J connectivity index is 2.07. The third kappa shape index (κ3) is 2.46. The number of ether oxygens (including phenoxy) is 1. The molecule has 1 aliphatic heterocycles. The van der Waals surface area contributed by atoms with Crippen molar-refractivity contribution in [3.63, 3.8) is 0 Å². The lowest BCUT2D eigenvalue weighted by atomic mass is 10.1. The van der Waals surface area contributed by atoms with Gasteiger partial charge in [-0.1, -0.05) is 18.2 Å². The summed E-state index contributed by atoms with van der Waals surface area (Å²) < 4.78 is 18.2. The first-order valence-corrected chi connectivity index (χ1v) is 5.14. The van der Waals surface area contributed by atoms with Crippen LogP contribution in [0, 0.1) is 5.82 Å². The highest BCUT2D eigenvalue weighted by Crippen LogP contribution is 2.17. The highest BCUT2D eigenvalue weighted by atomic mass is 19.1. The Labute approximate surface area is 92.9 Å². The predicted octanol–water partition coefficient (Wildman–Crippen LogP) is 1.65. The van der Waals surface area contributed by atoms with Crippen molar-refractivity contribution in [3.05, 3.63) is 41.7 Å². The highest BCUT2D eigenvalue weighted by Gasteiger charge is 2.15. The number of hydrogen-bond acceptors (Lipinski definition) is 3. The first-order valence-electron chi connectivity index (χ1n) is 5.14. The van der Waals surface area contributed by atoms with Gasteiger partial charge < -0.3 is 10.1 Å². The van der Waals surface area contributed by atoms with Crippen molar-refractivity contribution in [2.45, 2.75) is 6.42 Å². The highest BCUT2D eigenvalue weighted by molar-refractivity contribution is 5.90. The average molecular weight is 221 g/mol. The maximum absolute atomic E-state index is 13.2. The van der Waals surface area contributed by atoms with E-state index in [0.29, 0.717) is 18.5 Å². The molecule has 1 aromatic carbocycles. The van der Waals surface area contributed by atoms with Gasteiger partial charge in [0.15, 0.2) is 11.6 Å². The zero-order valence-electron chi connectivity index (χ0n) is 8.70. The Hall–Kier alpha value is -1.68. The van der Waals surface area contributed by atoms with Gasteiger partial charge in [-0.25, -0.2) is 9.18 Å². The van der Waals surface area contributed by atoms with E-state index in [1.807, 2.05) is 0 Å². The van der Waals surface area contributed by atoms with Crippen molar-refractivity contribution in [1.82, 2.24) is 5.32 Å². The van der Waals surface area contributed by atoms with Crippen molar-refractivity contribution in [1.29, 1.82) is 0 Å². The number of halogens is 1. The molecule has 0 bridgehead atoms. The zero-order valence-corrected chi connectivity index (χ0v) is 8.70. The summed E-state index contributed by atoms with van der Waals surface area (Å²) in [5.74, 6) is -1.01. The second-order valence-corrected chi connectivity index (χ2v) is 3.50. The lowest BCUT2D eigenvalue weighted by Crippen LogP contribution is -2.25. The number of esters is 1. The van der Waals surface area contributed by atoms with Crippen molar-refractivity contribution < 1.29 is 13.9 Å². The fraction of sp³-hybridized carbons (Fsp3) is 0.250. The Bertz CT molecular complexity index is 429. The number of hydrogen-bond donors (Lipinski definition) is 1. The van der Waals surface area contributed by atoms with Crippen LogP contribution in [0.25, 0.3) is 0 Å². The van der Waals surface area contributed by atoms with Crippen LogP contribution in [-0.2, 0) is 4.79 Å². The Kier molecular flexibility index (Phi) is 3.31. The second kappa shape index (κ2) is 4.90. The summed E-state index contributed by atoms with van der Waals surface area (Å²) in [7, 11) is 0. The monoisotopic (exact) mass is 221 g/mol. The van der Waals surface area contributed by atoms with E-state index in [1.54, 1.807) is 18.2 Å². The molecule has 1 N–H and O–H groups in total. The molecule has 0 aliphatic carbocycles. The van der Waals surface area contributed by atoms with Crippen LogP contribution in [0.5, 0.6) is 5.75 Å². The molecule has 0 fully saturated rings. The first-order chi connectivity index (χ1) is 7.77. The lowest BCUT2D eigenvalue weighted by molar-refractivity contribution is -0.130. The summed E-state index contributed by atoms with van der Waals surface area (Å²) in [5.41, 5.74) is 0.599. The molecular weight excluding hydrogens is 209 g/mol.